The van der Waals surface area contributed by atoms with Crippen molar-refractivity contribution in [2.45, 2.75) is 45.6 Å². The lowest BCUT2D eigenvalue weighted by Crippen LogP contribution is -2.26. The number of nitrogen functional groups attached to an aromatic ring is 2. The van der Waals surface area contributed by atoms with E-state index in [1.54, 1.807) is 6.07 Å². The fourth-order valence-corrected chi connectivity index (χ4v) is 6.17. The molecule has 0 spiro atoms. The van der Waals surface area contributed by atoms with E-state index in [2.05, 4.69) is 25.3 Å². The van der Waals surface area contributed by atoms with Crippen LogP contribution in [0, 0.1) is 25.7 Å². The molecule has 2 aliphatic rings. The number of nitrogens with two attached hydrogens (primary N) is 2. The fraction of sp³-hybridized carbons (Fsp3) is 0.310. The summed E-state index contributed by atoms with van der Waals surface area (Å²) in [5.41, 5.74) is 16.8. The molecule has 3 unspecified atom stereocenters. The summed E-state index contributed by atoms with van der Waals surface area (Å²) >= 11 is 18.1. The minimum absolute atomic E-state index is 0.155. The molecule has 0 radical (unpaired) electrons. The number of aromatic nitrogens is 4. The largest absolute Gasteiger partial charge is 0.368 e. The predicted molar refractivity (Wildman–Crippen MR) is 161 cm³/mol. The topological polar surface area (TPSA) is 116 Å². The van der Waals surface area contributed by atoms with E-state index in [1.807, 2.05) is 56.3 Å². The zero-order valence-corrected chi connectivity index (χ0v) is 24.0. The van der Waals surface area contributed by atoms with Gasteiger partial charge in [-0.15, -0.1) is 0 Å². The molecule has 39 heavy (non-hydrogen) atoms. The Hall–Kier alpha value is -3.13. The van der Waals surface area contributed by atoms with Gasteiger partial charge in [0.15, 0.2) is 0 Å². The quantitative estimate of drug-likeness (QED) is 0.212. The van der Waals surface area contributed by atoms with Gasteiger partial charge in [0.2, 0.25) is 11.9 Å². The number of halogens is 3. The standard InChI is InChI=1S/C18H21ClN4.C11H9Cl2N3/c1-10-13(3-2-4-14(10)19)16-9-17(23-18(20)22-16)21-15-8-11-5-6-12(15)7-11;1-6-7(3-2-4-8(6)12)9-5-10(13)16-11(14)15-9/h2-4,9,11-12,15H,5-8H2,1H3,(H3,20,21,22,23);2-5H,1H3,(H2,14,15,16). The van der Waals surface area contributed by atoms with Crippen LogP contribution in [0.5, 0.6) is 0 Å². The van der Waals surface area contributed by atoms with E-state index in [4.69, 9.17) is 46.3 Å². The molecule has 4 aromatic rings. The number of nitrogens with zero attached hydrogens (tertiary/aromatic N) is 4. The fourth-order valence-electron chi connectivity index (χ4n) is 5.63. The van der Waals surface area contributed by atoms with E-state index in [1.165, 1.54) is 25.7 Å². The van der Waals surface area contributed by atoms with Crippen molar-refractivity contribution in [3.05, 3.63) is 74.9 Å². The molecule has 7 nitrogen and oxygen atoms in total. The predicted octanol–water partition coefficient (Wildman–Crippen LogP) is 7.63. The maximum absolute atomic E-state index is 6.23. The molecule has 2 aliphatic carbocycles. The summed E-state index contributed by atoms with van der Waals surface area (Å²) in [6, 6.07) is 15.6. The van der Waals surface area contributed by atoms with Gasteiger partial charge in [-0.3, -0.25) is 0 Å². The maximum atomic E-state index is 6.23. The van der Waals surface area contributed by atoms with E-state index in [-0.39, 0.29) is 5.95 Å². The van der Waals surface area contributed by atoms with Crippen LogP contribution in [0.2, 0.25) is 15.2 Å². The minimum atomic E-state index is 0.155. The first-order chi connectivity index (χ1) is 18.7. The molecular formula is C29H30Cl3N7. The van der Waals surface area contributed by atoms with Crippen molar-refractivity contribution in [3.8, 4) is 22.5 Å². The zero-order valence-electron chi connectivity index (χ0n) is 21.8. The lowest BCUT2D eigenvalue weighted by molar-refractivity contribution is 0.439. The molecule has 202 valence electrons. The summed E-state index contributed by atoms with van der Waals surface area (Å²) in [5.74, 6) is 2.96. The van der Waals surface area contributed by atoms with E-state index in [0.717, 1.165) is 50.6 Å². The van der Waals surface area contributed by atoms with E-state index < -0.39 is 0 Å². The lowest BCUT2D eigenvalue weighted by Gasteiger charge is -2.23. The first-order valence-corrected chi connectivity index (χ1v) is 14.0. The summed E-state index contributed by atoms with van der Waals surface area (Å²) in [6.07, 6.45) is 5.34. The highest BCUT2D eigenvalue weighted by atomic mass is 35.5. The minimum Gasteiger partial charge on any atom is -0.368 e. The number of hydrogen-bond donors (Lipinski definition) is 3. The average molecular weight is 583 g/mol. The number of benzene rings is 2. The van der Waals surface area contributed by atoms with Gasteiger partial charge >= 0.3 is 0 Å². The van der Waals surface area contributed by atoms with Crippen LogP contribution in [0.25, 0.3) is 22.5 Å². The number of fused-ring (bicyclic) bond motifs is 2. The van der Waals surface area contributed by atoms with Crippen LogP contribution in [0.4, 0.5) is 17.7 Å². The van der Waals surface area contributed by atoms with Crippen LogP contribution in [-0.2, 0) is 0 Å². The first kappa shape index (κ1) is 27.4. The second-order valence-electron chi connectivity index (χ2n) is 10.2. The summed E-state index contributed by atoms with van der Waals surface area (Å²) in [5, 5.41) is 5.34. The molecular weight excluding hydrogens is 553 g/mol. The Morgan fingerprint density at radius 3 is 1.87 bits per heavy atom. The van der Waals surface area contributed by atoms with Gasteiger partial charge in [-0.2, -0.15) is 4.98 Å². The SMILES string of the molecule is Cc1c(Cl)cccc1-c1cc(Cl)nc(N)n1.Cc1c(Cl)cccc1-c1cc(NC2CC3CCC2C3)nc(N)n1. The number of nitrogens with one attached hydrogen (secondary N) is 1. The third kappa shape index (κ3) is 6.21. The van der Waals surface area contributed by atoms with Crippen LogP contribution in [0.3, 0.4) is 0 Å². The Morgan fingerprint density at radius 2 is 1.33 bits per heavy atom. The maximum Gasteiger partial charge on any atom is 0.222 e. The monoisotopic (exact) mass is 581 g/mol. The summed E-state index contributed by atoms with van der Waals surface area (Å²) in [6.45, 7) is 3.92. The Labute approximate surface area is 243 Å². The third-order valence-corrected chi connectivity index (χ3v) is 8.63. The van der Waals surface area contributed by atoms with Gasteiger partial charge in [-0.05, 0) is 68.2 Å². The van der Waals surface area contributed by atoms with Crippen molar-refractivity contribution in [1.29, 1.82) is 0 Å². The molecule has 0 saturated heterocycles. The van der Waals surface area contributed by atoms with E-state index in [0.29, 0.717) is 27.9 Å². The highest BCUT2D eigenvalue weighted by molar-refractivity contribution is 6.32. The molecule has 2 aromatic heterocycles. The van der Waals surface area contributed by atoms with Crippen LogP contribution < -0.4 is 16.8 Å². The van der Waals surface area contributed by atoms with E-state index in [9.17, 15) is 0 Å². The first-order valence-electron chi connectivity index (χ1n) is 12.9. The van der Waals surface area contributed by atoms with Gasteiger partial charge in [0.1, 0.15) is 11.0 Å². The van der Waals surface area contributed by atoms with Crippen molar-refractivity contribution in [2.24, 2.45) is 11.8 Å². The molecule has 5 N–H and O–H groups in total. The van der Waals surface area contributed by atoms with Crippen molar-refractivity contribution >= 4 is 52.5 Å². The Kier molecular flexibility index (Phi) is 8.12. The second kappa shape index (κ2) is 11.5. The van der Waals surface area contributed by atoms with E-state index >= 15 is 0 Å². The molecule has 2 heterocycles. The Balaban J connectivity index is 0.000000169. The molecule has 0 amide bonds. The average Bonchev–Trinajstić information content (AvgIpc) is 3.50. The molecule has 2 fully saturated rings. The van der Waals surface area contributed by atoms with Crippen molar-refractivity contribution in [2.75, 3.05) is 16.8 Å². The Bertz CT molecular complexity index is 1490. The van der Waals surface area contributed by atoms with Crippen LogP contribution in [0.15, 0.2) is 48.5 Å². The van der Waals surface area contributed by atoms with Crippen LogP contribution in [-0.4, -0.2) is 26.0 Å². The van der Waals surface area contributed by atoms with Crippen LogP contribution >= 0.6 is 34.8 Å². The van der Waals surface area contributed by atoms with Gasteiger partial charge in [0, 0.05) is 39.3 Å². The molecule has 0 aliphatic heterocycles. The Morgan fingerprint density at radius 1 is 0.744 bits per heavy atom. The van der Waals surface area contributed by atoms with Gasteiger partial charge in [-0.1, -0.05) is 65.5 Å². The van der Waals surface area contributed by atoms with Gasteiger partial charge in [0.05, 0.1) is 11.4 Å². The van der Waals surface area contributed by atoms with Crippen molar-refractivity contribution in [3.63, 3.8) is 0 Å². The highest BCUT2D eigenvalue weighted by Gasteiger charge is 2.39. The molecule has 10 heteroatoms. The highest BCUT2D eigenvalue weighted by Crippen LogP contribution is 2.45. The van der Waals surface area contributed by atoms with Crippen molar-refractivity contribution in [1.82, 2.24) is 19.9 Å². The summed E-state index contributed by atoms with van der Waals surface area (Å²) < 4.78 is 0. The molecule has 2 saturated carbocycles. The second-order valence-corrected chi connectivity index (χ2v) is 11.4. The third-order valence-electron chi connectivity index (χ3n) is 7.61. The lowest BCUT2D eigenvalue weighted by atomic mass is 9.95. The normalized spacial score (nSPS) is 19.5. The molecule has 2 bridgehead atoms. The van der Waals surface area contributed by atoms with Crippen molar-refractivity contribution < 1.29 is 0 Å². The summed E-state index contributed by atoms with van der Waals surface area (Å²) in [7, 11) is 0. The summed E-state index contributed by atoms with van der Waals surface area (Å²) in [4.78, 5) is 16.7. The molecule has 2 aromatic carbocycles. The number of rotatable bonds is 4. The number of anilines is 3. The smallest absolute Gasteiger partial charge is 0.222 e. The van der Waals surface area contributed by atoms with Gasteiger partial charge in [-0.25, -0.2) is 15.0 Å². The molecule has 3 atom stereocenters. The number of hydrogen-bond acceptors (Lipinski definition) is 7. The molecule has 6 rings (SSSR count). The van der Waals surface area contributed by atoms with Crippen LogP contribution in [0.1, 0.15) is 36.8 Å². The van der Waals surface area contributed by atoms with Gasteiger partial charge in [0.25, 0.3) is 0 Å². The van der Waals surface area contributed by atoms with Gasteiger partial charge < -0.3 is 16.8 Å². The zero-order chi connectivity index (χ0) is 27.7.